The van der Waals surface area contributed by atoms with E-state index in [1.54, 1.807) is 4.31 Å². The lowest BCUT2D eigenvalue weighted by Gasteiger charge is -2.16. The molecule has 0 aromatic heterocycles. The topological polar surface area (TPSA) is 63.4 Å². The first-order valence-electron chi connectivity index (χ1n) is 7.88. The van der Waals surface area contributed by atoms with Gasteiger partial charge in [0.05, 0.1) is 5.75 Å². The van der Waals surface area contributed by atoms with Crippen molar-refractivity contribution in [3.05, 3.63) is 71.8 Å². The van der Waals surface area contributed by atoms with Gasteiger partial charge in [-0.25, -0.2) is 8.42 Å². The highest BCUT2D eigenvalue weighted by atomic mass is 32.2. The van der Waals surface area contributed by atoms with E-state index in [-0.39, 0.29) is 17.7 Å². The molecule has 2 N–H and O–H groups in total. The first-order valence-corrected chi connectivity index (χ1v) is 9.49. The van der Waals surface area contributed by atoms with Gasteiger partial charge in [0.1, 0.15) is 0 Å². The van der Waals surface area contributed by atoms with E-state index in [9.17, 15) is 8.42 Å². The van der Waals surface area contributed by atoms with Gasteiger partial charge in [-0.3, -0.25) is 0 Å². The van der Waals surface area contributed by atoms with Crippen molar-refractivity contribution < 1.29 is 8.42 Å². The molecule has 1 aliphatic heterocycles. The number of hydrogen-bond donors (Lipinski definition) is 1. The van der Waals surface area contributed by atoms with E-state index >= 15 is 0 Å². The van der Waals surface area contributed by atoms with Crippen LogP contribution < -0.4 is 5.73 Å². The molecule has 4 nitrogen and oxygen atoms in total. The molecule has 2 atom stereocenters. The van der Waals surface area contributed by atoms with Gasteiger partial charge >= 0.3 is 0 Å². The first-order chi connectivity index (χ1) is 11.1. The molecular weight excluding hydrogens is 308 g/mol. The normalized spacial score (nSPS) is 22.3. The Balaban J connectivity index is 1.67. The molecule has 0 radical (unpaired) electrons. The van der Waals surface area contributed by atoms with Crippen LogP contribution in [0.5, 0.6) is 0 Å². The maximum Gasteiger partial charge on any atom is 0.214 e. The minimum Gasteiger partial charge on any atom is -0.326 e. The molecule has 0 amide bonds. The van der Waals surface area contributed by atoms with Crippen molar-refractivity contribution in [3.8, 4) is 0 Å². The van der Waals surface area contributed by atoms with Crippen LogP contribution in [0, 0.1) is 0 Å². The molecule has 1 heterocycles. The van der Waals surface area contributed by atoms with Crippen molar-refractivity contribution >= 4 is 10.0 Å². The minimum absolute atomic E-state index is 0.0719. The third-order valence-corrected chi connectivity index (χ3v) is 6.25. The number of hydrogen-bond acceptors (Lipinski definition) is 3. The maximum atomic E-state index is 12.6. The standard InChI is InChI=1S/C18H22N2O2S/c19-18-14-20(13-17(18)16-9-5-2-6-10-16)23(21,22)12-11-15-7-3-1-4-8-15/h1-10,17-18H,11-14,19H2/t17-,18+/m0/s1. The summed E-state index contributed by atoms with van der Waals surface area (Å²) in [5.74, 6) is 0.202. The van der Waals surface area contributed by atoms with Gasteiger partial charge in [-0.15, -0.1) is 0 Å². The number of aryl methyl sites for hydroxylation is 1. The van der Waals surface area contributed by atoms with Gasteiger partial charge in [0.15, 0.2) is 0 Å². The third kappa shape index (κ3) is 3.80. The zero-order chi connectivity index (χ0) is 16.3. The smallest absolute Gasteiger partial charge is 0.214 e. The molecule has 122 valence electrons. The number of rotatable bonds is 5. The predicted octanol–water partition coefficient (Wildman–Crippen LogP) is 1.99. The lowest BCUT2D eigenvalue weighted by atomic mass is 9.95. The van der Waals surface area contributed by atoms with Gasteiger partial charge < -0.3 is 5.73 Å². The highest BCUT2D eigenvalue weighted by Gasteiger charge is 2.37. The zero-order valence-corrected chi connectivity index (χ0v) is 13.8. The Morgan fingerprint density at radius 3 is 2.22 bits per heavy atom. The fraction of sp³-hybridized carbons (Fsp3) is 0.333. The lowest BCUT2D eigenvalue weighted by molar-refractivity contribution is 0.470. The molecule has 5 heteroatoms. The highest BCUT2D eigenvalue weighted by Crippen LogP contribution is 2.28. The largest absolute Gasteiger partial charge is 0.326 e. The highest BCUT2D eigenvalue weighted by molar-refractivity contribution is 7.89. The van der Waals surface area contributed by atoms with E-state index in [4.69, 9.17) is 5.73 Å². The van der Waals surface area contributed by atoms with Crippen LogP contribution in [0.15, 0.2) is 60.7 Å². The van der Waals surface area contributed by atoms with Gasteiger partial charge in [0.25, 0.3) is 0 Å². The summed E-state index contributed by atoms with van der Waals surface area (Å²) in [4.78, 5) is 0. The van der Waals surface area contributed by atoms with E-state index in [1.807, 2.05) is 60.7 Å². The second kappa shape index (κ2) is 6.83. The van der Waals surface area contributed by atoms with Crippen LogP contribution in [0.25, 0.3) is 0 Å². The number of benzene rings is 2. The summed E-state index contributed by atoms with van der Waals surface area (Å²) >= 11 is 0. The predicted molar refractivity (Wildman–Crippen MR) is 92.7 cm³/mol. The Kier molecular flexibility index (Phi) is 4.80. The van der Waals surface area contributed by atoms with Crippen molar-refractivity contribution in [2.45, 2.75) is 18.4 Å². The molecule has 1 fully saturated rings. The Bertz CT molecular complexity index is 732. The van der Waals surface area contributed by atoms with E-state index in [2.05, 4.69) is 0 Å². The van der Waals surface area contributed by atoms with Gasteiger partial charge in [-0.1, -0.05) is 60.7 Å². The zero-order valence-electron chi connectivity index (χ0n) is 13.0. The van der Waals surface area contributed by atoms with Crippen molar-refractivity contribution in [1.82, 2.24) is 4.31 Å². The summed E-state index contributed by atoms with van der Waals surface area (Å²) < 4.78 is 26.8. The average Bonchev–Trinajstić information content (AvgIpc) is 2.98. The van der Waals surface area contributed by atoms with Gasteiger partial charge in [0, 0.05) is 25.0 Å². The quantitative estimate of drug-likeness (QED) is 0.912. The molecule has 2 aromatic carbocycles. The molecule has 0 bridgehead atoms. The van der Waals surface area contributed by atoms with Crippen molar-refractivity contribution in [3.63, 3.8) is 0 Å². The molecule has 2 aromatic rings. The molecule has 1 aliphatic rings. The number of sulfonamides is 1. The van der Waals surface area contributed by atoms with E-state index < -0.39 is 10.0 Å². The van der Waals surface area contributed by atoms with Gasteiger partial charge in [0.2, 0.25) is 10.0 Å². The van der Waals surface area contributed by atoms with E-state index in [0.717, 1.165) is 11.1 Å². The molecule has 3 rings (SSSR count). The van der Waals surface area contributed by atoms with E-state index in [0.29, 0.717) is 19.5 Å². The summed E-state index contributed by atoms with van der Waals surface area (Å²) in [5.41, 5.74) is 8.35. The first kappa shape index (κ1) is 16.2. The summed E-state index contributed by atoms with van der Waals surface area (Å²) in [6.45, 7) is 0.874. The van der Waals surface area contributed by atoms with Crippen molar-refractivity contribution in [2.75, 3.05) is 18.8 Å². The summed E-state index contributed by atoms with van der Waals surface area (Å²) in [6.07, 6.45) is 0.533. The fourth-order valence-corrected chi connectivity index (χ4v) is 4.63. The summed E-state index contributed by atoms with van der Waals surface area (Å²) in [7, 11) is -3.28. The van der Waals surface area contributed by atoms with Crippen LogP contribution in [0.2, 0.25) is 0 Å². The molecule has 0 aliphatic carbocycles. The van der Waals surface area contributed by atoms with Crippen molar-refractivity contribution in [1.29, 1.82) is 0 Å². The molecule has 0 spiro atoms. The third-order valence-electron chi connectivity index (χ3n) is 4.44. The summed E-state index contributed by atoms with van der Waals surface area (Å²) in [5, 5.41) is 0. The molecule has 0 saturated carbocycles. The van der Waals surface area contributed by atoms with E-state index in [1.165, 1.54) is 0 Å². The monoisotopic (exact) mass is 330 g/mol. The molecule has 23 heavy (non-hydrogen) atoms. The number of nitrogens with two attached hydrogens (primary N) is 1. The molecule has 0 unspecified atom stereocenters. The summed E-state index contributed by atoms with van der Waals surface area (Å²) in [6, 6.07) is 19.5. The average molecular weight is 330 g/mol. The van der Waals surface area contributed by atoms with Crippen LogP contribution in [0.3, 0.4) is 0 Å². The molecule has 1 saturated heterocycles. The van der Waals surface area contributed by atoms with Gasteiger partial charge in [-0.2, -0.15) is 4.31 Å². The van der Waals surface area contributed by atoms with Crippen LogP contribution in [-0.4, -0.2) is 37.6 Å². The van der Waals surface area contributed by atoms with Crippen molar-refractivity contribution in [2.24, 2.45) is 5.73 Å². The van der Waals surface area contributed by atoms with Crippen LogP contribution in [-0.2, 0) is 16.4 Å². The van der Waals surface area contributed by atoms with Crippen LogP contribution in [0.1, 0.15) is 17.0 Å². The molecular formula is C18H22N2O2S. The van der Waals surface area contributed by atoms with Crippen LogP contribution >= 0.6 is 0 Å². The lowest BCUT2D eigenvalue weighted by Crippen LogP contribution is -2.34. The second-order valence-corrected chi connectivity index (χ2v) is 8.14. The fourth-order valence-electron chi connectivity index (χ4n) is 3.09. The van der Waals surface area contributed by atoms with Crippen LogP contribution in [0.4, 0.5) is 0 Å². The maximum absolute atomic E-state index is 12.6. The Labute approximate surface area is 138 Å². The SMILES string of the molecule is N[C@@H]1CN(S(=O)(=O)CCc2ccccc2)C[C@H]1c1ccccc1. The van der Waals surface area contributed by atoms with Gasteiger partial charge in [-0.05, 0) is 17.5 Å². The Morgan fingerprint density at radius 2 is 1.57 bits per heavy atom. The Morgan fingerprint density at radius 1 is 0.957 bits per heavy atom. The minimum atomic E-state index is -3.28. The second-order valence-electron chi connectivity index (χ2n) is 6.05. The number of nitrogens with zero attached hydrogens (tertiary/aromatic N) is 1. The Hall–Kier alpha value is -1.69.